The van der Waals surface area contributed by atoms with Crippen molar-refractivity contribution in [2.24, 2.45) is 5.73 Å². The van der Waals surface area contributed by atoms with Crippen LogP contribution in [0.3, 0.4) is 0 Å². The molecule has 1 aromatic heterocycles. The van der Waals surface area contributed by atoms with Gasteiger partial charge in [0, 0.05) is 25.3 Å². The number of rotatable bonds is 5. The molecule has 6 heteroatoms. The molecule has 2 unspecified atom stereocenters. The lowest BCUT2D eigenvalue weighted by molar-refractivity contribution is 0.600. The van der Waals surface area contributed by atoms with Crippen molar-refractivity contribution in [1.82, 2.24) is 4.98 Å². The summed E-state index contributed by atoms with van der Waals surface area (Å²) in [5.41, 5.74) is 7.05. The number of sulfone groups is 1. The lowest BCUT2D eigenvalue weighted by atomic mass is 10.1. The molecule has 1 saturated heterocycles. The van der Waals surface area contributed by atoms with Gasteiger partial charge in [-0.2, -0.15) is 0 Å². The molecule has 1 aliphatic heterocycles. The molecule has 1 aliphatic rings. The zero-order valence-corrected chi connectivity index (χ0v) is 12.9. The van der Waals surface area contributed by atoms with E-state index in [0.29, 0.717) is 6.42 Å². The second-order valence-corrected chi connectivity index (χ2v) is 7.79. The van der Waals surface area contributed by atoms with Crippen molar-refractivity contribution in [3.8, 4) is 0 Å². The highest BCUT2D eigenvalue weighted by Crippen LogP contribution is 2.21. The summed E-state index contributed by atoms with van der Waals surface area (Å²) < 4.78 is 23.0. The van der Waals surface area contributed by atoms with Crippen molar-refractivity contribution in [1.29, 1.82) is 0 Å². The van der Waals surface area contributed by atoms with Crippen LogP contribution in [0.2, 0.25) is 0 Å². The number of aromatic nitrogens is 1. The first-order valence-electron chi connectivity index (χ1n) is 7.05. The third kappa shape index (κ3) is 3.70. The number of nitrogens with zero attached hydrogens (tertiary/aromatic N) is 2. The van der Waals surface area contributed by atoms with Crippen LogP contribution in [0.4, 0.5) is 5.82 Å². The third-order valence-corrected chi connectivity index (χ3v) is 5.70. The first kappa shape index (κ1) is 15.3. The fourth-order valence-electron chi connectivity index (χ4n) is 2.46. The Morgan fingerprint density at radius 3 is 2.75 bits per heavy atom. The summed E-state index contributed by atoms with van der Waals surface area (Å²) in [6.07, 6.45) is 4.29. The van der Waals surface area contributed by atoms with E-state index in [4.69, 9.17) is 5.73 Å². The molecule has 5 nitrogen and oxygen atoms in total. The molecular weight excluding hydrogens is 274 g/mol. The van der Waals surface area contributed by atoms with Gasteiger partial charge in [0.1, 0.15) is 5.82 Å². The van der Waals surface area contributed by atoms with Gasteiger partial charge in [0.25, 0.3) is 0 Å². The average molecular weight is 297 g/mol. The van der Waals surface area contributed by atoms with Gasteiger partial charge in [0.05, 0.1) is 11.5 Å². The van der Waals surface area contributed by atoms with E-state index < -0.39 is 9.84 Å². The Balaban J connectivity index is 2.02. The topological polar surface area (TPSA) is 76.3 Å². The molecule has 1 aromatic rings. The van der Waals surface area contributed by atoms with Gasteiger partial charge in [-0.25, -0.2) is 13.4 Å². The molecule has 2 N–H and O–H groups in total. The summed E-state index contributed by atoms with van der Waals surface area (Å²) in [7, 11) is -0.954. The van der Waals surface area contributed by atoms with Gasteiger partial charge >= 0.3 is 0 Å². The number of anilines is 1. The minimum atomic E-state index is -2.86. The van der Waals surface area contributed by atoms with E-state index >= 15 is 0 Å². The van der Waals surface area contributed by atoms with Crippen LogP contribution in [0.5, 0.6) is 0 Å². The summed E-state index contributed by atoms with van der Waals surface area (Å²) in [6.45, 7) is 2.07. The Labute approximate surface area is 121 Å². The highest BCUT2D eigenvalue weighted by Gasteiger charge is 2.31. The number of hydrogen-bond acceptors (Lipinski definition) is 5. The van der Waals surface area contributed by atoms with Crippen LogP contribution >= 0.6 is 0 Å². The first-order chi connectivity index (χ1) is 9.41. The average Bonchev–Trinajstić information content (AvgIpc) is 2.79. The van der Waals surface area contributed by atoms with Gasteiger partial charge in [-0.1, -0.05) is 13.0 Å². The monoisotopic (exact) mass is 297 g/mol. The molecule has 2 heterocycles. The van der Waals surface area contributed by atoms with Crippen molar-refractivity contribution in [2.45, 2.75) is 38.3 Å². The largest absolute Gasteiger partial charge is 0.356 e. The Morgan fingerprint density at radius 2 is 2.25 bits per heavy atom. The summed E-state index contributed by atoms with van der Waals surface area (Å²) in [6, 6.07) is 4.18. The minimum absolute atomic E-state index is 0.0382. The van der Waals surface area contributed by atoms with E-state index in [1.165, 1.54) is 0 Å². The Bertz CT molecular complexity index is 542. The van der Waals surface area contributed by atoms with Crippen molar-refractivity contribution >= 4 is 15.7 Å². The summed E-state index contributed by atoms with van der Waals surface area (Å²) >= 11 is 0. The molecule has 112 valence electrons. The van der Waals surface area contributed by atoms with E-state index in [-0.39, 0.29) is 23.6 Å². The minimum Gasteiger partial charge on any atom is -0.356 e. The fourth-order valence-corrected chi connectivity index (χ4v) is 4.24. The van der Waals surface area contributed by atoms with Crippen molar-refractivity contribution in [3.05, 3.63) is 23.9 Å². The lowest BCUT2D eigenvalue weighted by Crippen LogP contribution is -2.33. The van der Waals surface area contributed by atoms with Gasteiger partial charge in [-0.05, 0) is 30.9 Å². The second-order valence-electron chi connectivity index (χ2n) is 5.56. The third-order valence-electron chi connectivity index (χ3n) is 3.95. The zero-order valence-electron chi connectivity index (χ0n) is 12.1. The maximum atomic E-state index is 11.5. The van der Waals surface area contributed by atoms with Crippen LogP contribution in [-0.2, 0) is 16.3 Å². The van der Waals surface area contributed by atoms with E-state index in [9.17, 15) is 8.42 Å². The predicted molar refractivity (Wildman–Crippen MR) is 81.7 cm³/mol. The summed E-state index contributed by atoms with van der Waals surface area (Å²) in [4.78, 5) is 6.40. The van der Waals surface area contributed by atoms with Crippen molar-refractivity contribution in [2.75, 3.05) is 23.5 Å². The van der Waals surface area contributed by atoms with E-state index in [1.54, 1.807) is 0 Å². The van der Waals surface area contributed by atoms with Gasteiger partial charge < -0.3 is 10.6 Å². The van der Waals surface area contributed by atoms with Crippen LogP contribution in [0, 0.1) is 0 Å². The number of pyridine rings is 1. The summed E-state index contributed by atoms with van der Waals surface area (Å²) in [5, 5.41) is 0. The first-order valence-corrected chi connectivity index (χ1v) is 8.87. The van der Waals surface area contributed by atoms with E-state index in [0.717, 1.165) is 24.2 Å². The van der Waals surface area contributed by atoms with E-state index in [1.807, 2.05) is 30.3 Å². The van der Waals surface area contributed by atoms with Gasteiger partial charge in [-0.3, -0.25) is 0 Å². The van der Waals surface area contributed by atoms with Crippen LogP contribution < -0.4 is 10.6 Å². The van der Waals surface area contributed by atoms with Gasteiger partial charge in [0.2, 0.25) is 0 Å². The highest BCUT2D eigenvalue weighted by molar-refractivity contribution is 7.91. The van der Waals surface area contributed by atoms with Crippen LogP contribution in [0.25, 0.3) is 0 Å². The SMILES string of the molecule is CCC(N)Cc1ccc(N(C)C2CCS(=O)(=O)C2)nc1. The molecule has 0 amide bonds. The Morgan fingerprint density at radius 1 is 1.50 bits per heavy atom. The molecule has 0 radical (unpaired) electrons. The molecule has 0 saturated carbocycles. The number of hydrogen-bond donors (Lipinski definition) is 1. The number of nitrogens with two attached hydrogens (primary N) is 1. The molecule has 0 aliphatic carbocycles. The predicted octanol–water partition coefficient (Wildman–Crippen LogP) is 0.985. The maximum Gasteiger partial charge on any atom is 0.152 e. The lowest BCUT2D eigenvalue weighted by Gasteiger charge is -2.24. The molecule has 2 rings (SSSR count). The zero-order chi connectivity index (χ0) is 14.8. The summed E-state index contributed by atoms with van der Waals surface area (Å²) in [5.74, 6) is 1.33. The quantitative estimate of drug-likeness (QED) is 0.877. The molecule has 20 heavy (non-hydrogen) atoms. The Hall–Kier alpha value is -1.14. The fraction of sp³-hybridized carbons (Fsp3) is 0.643. The van der Waals surface area contributed by atoms with Crippen LogP contribution in [0.15, 0.2) is 18.3 Å². The highest BCUT2D eigenvalue weighted by atomic mass is 32.2. The maximum absolute atomic E-state index is 11.5. The van der Waals surface area contributed by atoms with Gasteiger partial charge in [-0.15, -0.1) is 0 Å². The molecule has 0 aromatic carbocycles. The van der Waals surface area contributed by atoms with Gasteiger partial charge in [0.15, 0.2) is 9.84 Å². The van der Waals surface area contributed by atoms with E-state index in [2.05, 4.69) is 11.9 Å². The van der Waals surface area contributed by atoms with Crippen molar-refractivity contribution in [3.63, 3.8) is 0 Å². The second kappa shape index (κ2) is 6.10. The molecule has 1 fully saturated rings. The smallest absolute Gasteiger partial charge is 0.152 e. The van der Waals surface area contributed by atoms with Crippen molar-refractivity contribution < 1.29 is 8.42 Å². The Kier molecular flexibility index (Phi) is 4.65. The van der Waals surface area contributed by atoms with Crippen LogP contribution in [-0.4, -0.2) is 44.0 Å². The standard InChI is InChI=1S/C14H23N3O2S/c1-3-12(15)8-11-4-5-14(16-9-11)17(2)13-6-7-20(18,19)10-13/h4-5,9,12-13H,3,6-8,10,15H2,1-2H3. The van der Waals surface area contributed by atoms with Crippen LogP contribution in [0.1, 0.15) is 25.3 Å². The molecular formula is C14H23N3O2S. The molecule has 0 bridgehead atoms. The normalized spacial score (nSPS) is 22.6. The molecule has 2 atom stereocenters. The molecule has 0 spiro atoms.